The van der Waals surface area contributed by atoms with Crippen LogP contribution in [-0.4, -0.2) is 40.5 Å². The largest absolute Gasteiger partial charge is 0.393 e. The Morgan fingerprint density at radius 1 is 1.47 bits per heavy atom. The maximum Gasteiger partial charge on any atom is 0.157 e. The first kappa shape index (κ1) is 12.4. The second-order valence-electron chi connectivity index (χ2n) is 4.48. The van der Waals surface area contributed by atoms with Crippen molar-refractivity contribution in [1.29, 1.82) is 0 Å². The van der Waals surface area contributed by atoms with Crippen LogP contribution >= 0.6 is 11.6 Å². The normalized spacial score (nSPS) is 18.2. The van der Waals surface area contributed by atoms with E-state index in [2.05, 4.69) is 27.1 Å². The van der Waals surface area contributed by atoms with Crippen LogP contribution in [0.2, 0.25) is 5.15 Å². The SMILES string of the molecule is CC(CN1CCCC1)Nc1ncnc(Cl)c1N. The lowest BCUT2D eigenvalue weighted by atomic mass is 10.3. The Balaban J connectivity index is 1.93. The van der Waals surface area contributed by atoms with Gasteiger partial charge in [-0.2, -0.15) is 0 Å². The Morgan fingerprint density at radius 3 is 2.88 bits per heavy atom. The Kier molecular flexibility index (Phi) is 4.02. The van der Waals surface area contributed by atoms with Gasteiger partial charge in [-0.05, 0) is 32.9 Å². The molecule has 1 aromatic rings. The molecule has 5 nitrogen and oxygen atoms in total. The van der Waals surface area contributed by atoms with Gasteiger partial charge in [-0.1, -0.05) is 11.6 Å². The van der Waals surface area contributed by atoms with Gasteiger partial charge in [0.1, 0.15) is 12.0 Å². The number of rotatable bonds is 4. The van der Waals surface area contributed by atoms with Crippen LogP contribution in [0.25, 0.3) is 0 Å². The summed E-state index contributed by atoms with van der Waals surface area (Å²) in [5, 5.41) is 3.58. The number of nitrogens with one attached hydrogen (secondary N) is 1. The summed E-state index contributed by atoms with van der Waals surface area (Å²) in [6.07, 6.45) is 4.02. The van der Waals surface area contributed by atoms with E-state index >= 15 is 0 Å². The van der Waals surface area contributed by atoms with Gasteiger partial charge in [0.25, 0.3) is 0 Å². The minimum atomic E-state index is 0.293. The van der Waals surface area contributed by atoms with Gasteiger partial charge in [0.15, 0.2) is 11.0 Å². The first-order valence-electron chi connectivity index (χ1n) is 5.91. The molecule has 2 rings (SSSR count). The zero-order valence-corrected chi connectivity index (χ0v) is 10.7. The van der Waals surface area contributed by atoms with Gasteiger partial charge in [0.05, 0.1) is 0 Å². The Labute approximate surface area is 106 Å². The van der Waals surface area contributed by atoms with Crippen molar-refractivity contribution in [2.75, 3.05) is 30.7 Å². The van der Waals surface area contributed by atoms with Gasteiger partial charge in [0.2, 0.25) is 0 Å². The summed E-state index contributed by atoms with van der Waals surface area (Å²) in [5.74, 6) is 0.622. The van der Waals surface area contributed by atoms with Gasteiger partial charge < -0.3 is 16.0 Å². The van der Waals surface area contributed by atoms with Crippen LogP contribution in [-0.2, 0) is 0 Å². The number of hydrogen-bond acceptors (Lipinski definition) is 5. The number of nitrogens with zero attached hydrogens (tertiary/aromatic N) is 3. The van der Waals surface area contributed by atoms with Crippen molar-refractivity contribution in [2.45, 2.75) is 25.8 Å². The van der Waals surface area contributed by atoms with E-state index in [1.54, 1.807) is 0 Å². The standard InChI is InChI=1S/C11H18ClN5/c1-8(6-17-4-2-3-5-17)16-11-9(13)10(12)14-7-15-11/h7-8H,2-6,13H2,1H3,(H,14,15,16). The van der Waals surface area contributed by atoms with Crippen LogP contribution in [0.5, 0.6) is 0 Å². The lowest BCUT2D eigenvalue weighted by Gasteiger charge is -2.22. The quantitative estimate of drug-likeness (QED) is 0.800. The van der Waals surface area contributed by atoms with Gasteiger partial charge >= 0.3 is 0 Å². The van der Waals surface area contributed by atoms with Crippen LogP contribution in [0, 0.1) is 0 Å². The number of halogens is 1. The third-order valence-corrected chi connectivity index (χ3v) is 3.25. The third kappa shape index (κ3) is 3.20. The molecule has 6 heteroatoms. The molecule has 1 aromatic heterocycles. The molecule has 1 aliphatic rings. The van der Waals surface area contributed by atoms with E-state index in [1.165, 1.54) is 32.3 Å². The molecular weight excluding hydrogens is 238 g/mol. The Bertz CT molecular complexity index is 378. The smallest absolute Gasteiger partial charge is 0.157 e. The van der Waals surface area contributed by atoms with Crippen molar-refractivity contribution >= 4 is 23.1 Å². The minimum absolute atomic E-state index is 0.293. The van der Waals surface area contributed by atoms with Crippen molar-refractivity contribution in [3.05, 3.63) is 11.5 Å². The fourth-order valence-corrected chi connectivity index (χ4v) is 2.25. The van der Waals surface area contributed by atoms with Crippen LogP contribution in [0.4, 0.5) is 11.5 Å². The molecule has 3 N–H and O–H groups in total. The van der Waals surface area contributed by atoms with E-state index in [0.29, 0.717) is 22.7 Å². The topological polar surface area (TPSA) is 67.1 Å². The lowest BCUT2D eigenvalue weighted by molar-refractivity contribution is 0.327. The van der Waals surface area contributed by atoms with Gasteiger partial charge in [-0.25, -0.2) is 9.97 Å². The fourth-order valence-electron chi connectivity index (χ4n) is 2.12. The predicted molar refractivity (Wildman–Crippen MR) is 70.2 cm³/mol. The van der Waals surface area contributed by atoms with Crippen LogP contribution in [0.15, 0.2) is 6.33 Å². The summed E-state index contributed by atoms with van der Waals surface area (Å²) in [5.41, 5.74) is 6.22. The Morgan fingerprint density at radius 2 is 2.18 bits per heavy atom. The van der Waals surface area contributed by atoms with Crippen molar-refractivity contribution < 1.29 is 0 Å². The molecule has 94 valence electrons. The summed E-state index contributed by atoms with van der Waals surface area (Å²) in [6.45, 7) is 5.49. The van der Waals surface area contributed by atoms with E-state index in [-0.39, 0.29) is 0 Å². The highest BCUT2D eigenvalue weighted by Crippen LogP contribution is 2.22. The first-order chi connectivity index (χ1) is 8.16. The second-order valence-corrected chi connectivity index (χ2v) is 4.84. The average molecular weight is 256 g/mol. The van der Waals surface area contributed by atoms with Crippen LogP contribution < -0.4 is 11.1 Å². The van der Waals surface area contributed by atoms with E-state index in [9.17, 15) is 0 Å². The molecule has 0 radical (unpaired) electrons. The summed E-state index contributed by atoms with van der Waals surface area (Å²) >= 11 is 5.84. The second kappa shape index (κ2) is 5.51. The predicted octanol–water partition coefficient (Wildman–Crippen LogP) is 1.61. The van der Waals surface area contributed by atoms with E-state index in [1.807, 2.05) is 0 Å². The molecule has 1 fully saturated rings. The minimum Gasteiger partial charge on any atom is -0.393 e. The zero-order chi connectivity index (χ0) is 12.3. The van der Waals surface area contributed by atoms with Crippen LogP contribution in [0.1, 0.15) is 19.8 Å². The lowest BCUT2D eigenvalue weighted by Crippen LogP contribution is -2.33. The molecule has 1 aliphatic heterocycles. The number of anilines is 2. The molecule has 0 aliphatic carbocycles. The maximum atomic E-state index is 5.84. The summed E-state index contributed by atoms with van der Waals surface area (Å²) in [4.78, 5) is 10.4. The molecule has 1 atom stereocenters. The molecule has 17 heavy (non-hydrogen) atoms. The molecule has 0 saturated carbocycles. The number of aromatic nitrogens is 2. The highest BCUT2D eigenvalue weighted by molar-refractivity contribution is 6.32. The first-order valence-corrected chi connectivity index (χ1v) is 6.29. The molecular formula is C11H18ClN5. The Hall–Kier alpha value is -1.07. The van der Waals surface area contributed by atoms with E-state index in [4.69, 9.17) is 17.3 Å². The fraction of sp³-hybridized carbons (Fsp3) is 0.636. The monoisotopic (exact) mass is 255 g/mol. The van der Waals surface area contributed by atoms with Gasteiger partial charge in [-0.3, -0.25) is 0 Å². The summed E-state index contributed by atoms with van der Waals surface area (Å²) in [7, 11) is 0. The average Bonchev–Trinajstić information content (AvgIpc) is 2.77. The molecule has 0 spiro atoms. The van der Waals surface area contributed by atoms with Crippen molar-refractivity contribution in [2.24, 2.45) is 0 Å². The van der Waals surface area contributed by atoms with E-state index < -0.39 is 0 Å². The molecule has 1 saturated heterocycles. The van der Waals surface area contributed by atoms with Crippen molar-refractivity contribution in [3.8, 4) is 0 Å². The number of hydrogen-bond donors (Lipinski definition) is 2. The molecule has 2 heterocycles. The molecule has 0 amide bonds. The third-order valence-electron chi connectivity index (χ3n) is 2.95. The highest BCUT2D eigenvalue weighted by Gasteiger charge is 2.15. The van der Waals surface area contributed by atoms with Crippen molar-refractivity contribution in [1.82, 2.24) is 14.9 Å². The van der Waals surface area contributed by atoms with Gasteiger partial charge in [-0.15, -0.1) is 0 Å². The summed E-state index contributed by atoms with van der Waals surface area (Å²) in [6, 6.07) is 0.293. The number of likely N-dealkylation sites (tertiary alicyclic amines) is 1. The van der Waals surface area contributed by atoms with Gasteiger partial charge in [0, 0.05) is 12.6 Å². The molecule has 0 bridgehead atoms. The highest BCUT2D eigenvalue weighted by atomic mass is 35.5. The molecule has 0 aromatic carbocycles. The number of nitrogen functional groups attached to an aromatic ring is 1. The number of nitrogens with two attached hydrogens (primary N) is 1. The maximum absolute atomic E-state index is 5.84. The van der Waals surface area contributed by atoms with E-state index in [0.717, 1.165) is 6.54 Å². The molecule has 1 unspecified atom stereocenters. The summed E-state index contributed by atoms with van der Waals surface area (Å²) < 4.78 is 0. The van der Waals surface area contributed by atoms with Crippen molar-refractivity contribution in [3.63, 3.8) is 0 Å². The van der Waals surface area contributed by atoms with Crippen LogP contribution in [0.3, 0.4) is 0 Å². The zero-order valence-electron chi connectivity index (χ0n) is 9.99.